The molecule has 0 aliphatic heterocycles. The van der Waals surface area contributed by atoms with E-state index in [1.807, 2.05) is 121 Å². The fourth-order valence-electron chi connectivity index (χ4n) is 4.60. The first kappa shape index (κ1) is 27.3. The van der Waals surface area contributed by atoms with Crippen molar-refractivity contribution in [2.24, 2.45) is 0 Å². The Morgan fingerprint density at radius 1 is 0.500 bits per heavy atom. The molecule has 0 saturated carbocycles. The molecule has 0 heterocycles. The van der Waals surface area contributed by atoms with Gasteiger partial charge >= 0.3 is 5.97 Å². The van der Waals surface area contributed by atoms with E-state index in [9.17, 15) is 5.11 Å². The lowest BCUT2D eigenvalue weighted by atomic mass is 9.85. The van der Waals surface area contributed by atoms with Crippen molar-refractivity contribution in [3.8, 4) is 17.2 Å². The topological polar surface area (TPSA) is 47.9 Å². The van der Waals surface area contributed by atoms with Gasteiger partial charge in [-0.1, -0.05) is 124 Å². The van der Waals surface area contributed by atoms with Crippen molar-refractivity contribution in [3.05, 3.63) is 127 Å². The van der Waals surface area contributed by atoms with Crippen LogP contribution in [0.3, 0.4) is 0 Å². The summed E-state index contributed by atoms with van der Waals surface area (Å²) in [5, 5.41) is 12.8. The molecule has 0 amide bonds. The van der Waals surface area contributed by atoms with E-state index >= 15 is 0 Å². The molecule has 0 aliphatic rings. The highest BCUT2D eigenvalue weighted by Crippen LogP contribution is 2.43. The second kappa shape index (κ2) is 13.7. The molecule has 4 heteroatoms. The first-order valence-corrected chi connectivity index (χ1v) is 13.7. The lowest BCUT2D eigenvalue weighted by Gasteiger charge is -2.45. The Labute approximate surface area is 226 Å². The van der Waals surface area contributed by atoms with Crippen LogP contribution in [0.5, 0.6) is 17.2 Å². The van der Waals surface area contributed by atoms with Crippen LogP contribution in [0.1, 0.15) is 57.4 Å². The molecule has 4 nitrogen and oxygen atoms in total. The maximum Gasteiger partial charge on any atom is 0.452 e. The zero-order valence-corrected chi connectivity index (χ0v) is 22.2. The Morgan fingerprint density at radius 3 is 1.29 bits per heavy atom. The molecule has 1 unspecified atom stereocenters. The summed E-state index contributed by atoms with van der Waals surface area (Å²) in [6, 6.07) is 37.7. The van der Waals surface area contributed by atoms with Crippen LogP contribution >= 0.6 is 0 Å². The highest BCUT2D eigenvalue weighted by atomic mass is 16.9. The molecular weight excluding hydrogens is 472 g/mol. The molecule has 0 radical (unpaired) electrons. The summed E-state index contributed by atoms with van der Waals surface area (Å²) in [5.41, 5.74) is -0.989. The standard InChI is InChI=1S/C34H38O4/c1-2-3-4-5-6-19-28-33(35,29-20-11-7-12-21-29)34(36-30-22-13-8-14-23-30,37-31-24-15-9-16-25-31)38-32-26-17-10-18-27-32/h7-18,20-27,35H,2-6,19,28H2,1H3. The van der Waals surface area contributed by atoms with Crippen molar-refractivity contribution in [2.75, 3.05) is 0 Å². The molecule has 0 fully saturated rings. The van der Waals surface area contributed by atoms with Crippen LogP contribution in [0.2, 0.25) is 0 Å². The number of para-hydroxylation sites is 3. The molecule has 0 aromatic heterocycles. The van der Waals surface area contributed by atoms with Gasteiger partial charge in [-0.25, -0.2) is 0 Å². The molecular formula is C34H38O4. The first-order chi connectivity index (χ1) is 18.7. The summed E-state index contributed by atoms with van der Waals surface area (Å²) in [6.45, 7) is 2.21. The van der Waals surface area contributed by atoms with Crippen LogP contribution in [0.25, 0.3) is 0 Å². The van der Waals surface area contributed by atoms with E-state index in [0.717, 1.165) is 19.3 Å². The van der Waals surface area contributed by atoms with Gasteiger partial charge in [0, 0.05) is 0 Å². The van der Waals surface area contributed by atoms with E-state index in [4.69, 9.17) is 14.2 Å². The summed E-state index contributed by atoms with van der Waals surface area (Å²) in [4.78, 5) is 0. The molecule has 198 valence electrons. The Hall–Kier alpha value is -3.76. The van der Waals surface area contributed by atoms with Crippen molar-refractivity contribution < 1.29 is 19.3 Å². The fourth-order valence-corrected chi connectivity index (χ4v) is 4.60. The van der Waals surface area contributed by atoms with Crippen LogP contribution < -0.4 is 14.2 Å². The number of aliphatic hydroxyl groups is 1. The monoisotopic (exact) mass is 510 g/mol. The van der Waals surface area contributed by atoms with Gasteiger partial charge in [-0.05, 0) is 54.8 Å². The largest absolute Gasteiger partial charge is 0.452 e. The predicted molar refractivity (Wildman–Crippen MR) is 152 cm³/mol. The molecule has 0 bridgehead atoms. The molecule has 1 N–H and O–H groups in total. The average Bonchev–Trinajstić information content (AvgIpc) is 2.97. The van der Waals surface area contributed by atoms with Gasteiger partial charge in [0.25, 0.3) is 0 Å². The van der Waals surface area contributed by atoms with E-state index in [1.165, 1.54) is 19.3 Å². The average molecular weight is 511 g/mol. The molecule has 4 rings (SSSR count). The molecule has 0 aliphatic carbocycles. The minimum Gasteiger partial charge on any atom is -0.418 e. The zero-order chi connectivity index (χ0) is 26.5. The second-order valence-corrected chi connectivity index (χ2v) is 9.55. The molecule has 4 aromatic carbocycles. The van der Waals surface area contributed by atoms with Gasteiger partial charge in [-0.2, -0.15) is 0 Å². The quantitative estimate of drug-likeness (QED) is 0.129. The van der Waals surface area contributed by atoms with Crippen molar-refractivity contribution in [3.63, 3.8) is 0 Å². The second-order valence-electron chi connectivity index (χ2n) is 9.55. The number of ether oxygens (including phenoxy) is 3. The number of hydrogen-bond donors (Lipinski definition) is 1. The van der Waals surface area contributed by atoms with E-state index in [0.29, 0.717) is 29.2 Å². The summed E-state index contributed by atoms with van der Waals surface area (Å²) >= 11 is 0. The minimum absolute atomic E-state index is 0.385. The SMILES string of the molecule is CCCCCCCCC(O)(c1ccccc1)C(Oc1ccccc1)(Oc1ccccc1)Oc1ccccc1. The van der Waals surface area contributed by atoms with Crippen LogP contribution in [0.15, 0.2) is 121 Å². The van der Waals surface area contributed by atoms with Gasteiger partial charge in [-0.3, -0.25) is 0 Å². The maximum atomic E-state index is 12.8. The number of rotatable bonds is 15. The van der Waals surface area contributed by atoms with Gasteiger partial charge in [0.05, 0.1) is 0 Å². The molecule has 4 aromatic rings. The molecule has 1 atom stereocenters. The van der Waals surface area contributed by atoms with Crippen molar-refractivity contribution in [1.82, 2.24) is 0 Å². The molecule has 0 spiro atoms. The van der Waals surface area contributed by atoms with Crippen LogP contribution in [0, 0.1) is 0 Å². The maximum absolute atomic E-state index is 12.8. The Bertz CT molecular complexity index is 1080. The van der Waals surface area contributed by atoms with Gasteiger partial charge < -0.3 is 19.3 Å². The predicted octanol–water partition coefficient (Wildman–Crippen LogP) is 8.52. The lowest BCUT2D eigenvalue weighted by Crippen LogP contribution is -2.64. The van der Waals surface area contributed by atoms with Gasteiger partial charge in [-0.15, -0.1) is 0 Å². The van der Waals surface area contributed by atoms with Crippen molar-refractivity contribution >= 4 is 0 Å². The normalized spacial score (nSPS) is 12.9. The smallest absolute Gasteiger partial charge is 0.418 e. The third kappa shape index (κ3) is 6.96. The Morgan fingerprint density at radius 2 is 0.868 bits per heavy atom. The van der Waals surface area contributed by atoms with E-state index in [-0.39, 0.29) is 0 Å². The summed E-state index contributed by atoms with van der Waals surface area (Å²) in [5.74, 6) is -0.355. The first-order valence-electron chi connectivity index (χ1n) is 13.7. The summed E-state index contributed by atoms with van der Waals surface area (Å²) < 4.78 is 19.9. The van der Waals surface area contributed by atoms with Crippen molar-refractivity contribution in [2.45, 2.75) is 63.4 Å². The minimum atomic E-state index is -1.93. The Balaban J connectivity index is 1.82. The molecule has 0 saturated heterocycles. The highest BCUT2D eigenvalue weighted by Gasteiger charge is 2.60. The zero-order valence-electron chi connectivity index (χ0n) is 22.2. The van der Waals surface area contributed by atoms with Crippen LogP contribution in [-0.2, 0) is 5.60 Å². The summed E-state index contributed by atoms with van der Waals surface area (Å²) in [7, 11) is 0. The summed E-state index contributed by atoms with van der Waals surface area (Å²) in [6.07, 6.45) is 6.88. The molecule has 38 heavy (non-hydrogen) atoms. The lowest BCUT2D eigenvalue weighted by molar-refractivity contribution is -0.350. The van der Waals surface area contributed by atoms with Gasteiger partial charge in [0.2, 0.25) is 5.60 Å². The van der Waals surface area contributed by atoms with Gasteiger partial charge in [0.15, 0.2) is 0 Å². The van der Waals surface area contributed by atoms with E-state index in [1.54, 1.807) is 0 Å². The fraction of sp³-hybridized carbons (Fsp3) is 0.294. The number of unbranched alkanes of at least 4 members (excludes halogenated alkanes) is 5. The van der Waals surface area contributed by atoms with Crippen molar-refractivity contribution in [1.29, 1.82) is 0 Å². The third-order valence-electron chi connectivity index (χ3n) is 6.64. The number of hydrogen-bond acceptors (Lipinski definition) is 4. The number of benzene rings is 4. The highest BCUT2D eigenvalue weighted by molar-refractivity contribution is 5.32. The third-order valence-corrected chi connectivity index (χ3v) is 6.64. The Kier molecular flexibility index (Phi) is 9.83. The van der Waals surface area contributed by atoms with E-state index in [2.05, 4.69) is 6.92 Å². The van der Waals surface area contributed by atoms with E-state index < -0.39 is 11.6 Å². The van der Waals surface area contributed by atoms with Crippen LogP contribution in [0.4, 0.5) is 0 Å². The van der Waals surface area contributed by atoms with Crippen LogP contribution in [-0.4, -0.2) is 11.1 Å². The van der Waals surface area contributed by atoms with Gasteiger partial charge in [0.1, 0.15) is 17.2 Å².